The topological polar surface area (TPSA) is 3.24 Å². The van der Waals surface area contributed by atoms with Gasteiger partial charge in [0.2, 0.25) is 0 Å². The molecule has 1 aliphatic heterocycles. The van der Waals surface area contributed by atoms with Gasteiger partial charge in [0, 0.05) is 11.9 Å². The minimum Gasteiger partial charge on any atom is -0.332 e. The van der Waals surface area contributed by atoms with Gasteiger partial charge in [0.1, 0.15) is 0 Å². The van der Waals surface area contributed by atoms with Gasteiger partial charge in [-0.25, -0.2) is 0 Å². The van der Waals surface area contributed by atoms with Gasteiger partial charge in [0.25, 0.3) is 0 Å². The van der Waals surface area contributed by atoms with Crippen molar-refractivity contribution in [2.75, 3.05) is 11.7 Å². The quantitative estimate of drug-likeness (QED) is 0.592. The normalized spacial score (nSPS) is 22.0. The van der Waals surface area contributed by atoms with Crippen molar-refractivity contribution >= 4 is 34.9 Å². The monoisotopic (exact) mass is 203 g/mol. The first-order chi connectivity index (χ1) is 5.29. The van der Waals surface area contributed by atoms with E-state index in [1.165, 1.54) is 10.6 Å². The van der Waals surface area contributed by atoms with E-state index in [0.717, 1.165) is 0 Å². The average molecular weight is 204 g/mol. The molecule has 0 saturated heterocycles. The molecular formula is C7H7ClNPS. The van der Waals surface area contributed by atoms with Gasteiger partial charge in [0.15, 0.2) is 6.63 Å². The lowest BCUT2D eigenvalue weighted by Gasteiger charge is -2.13. The predicted octanol–water partition coefficient (Wildman–Crippen LogP) is 3.69. The molecule has 0 N–H and O–H groups in total. The summed E-state index contributed by atoms with van der Waals surface area (Å²) in [5.74, 6) is 0. The van der Waals surface area contributed by atoms with Crippen molar-refractivity contribution in [3.63, 3.8) is 0 Å². The second kappa shape index (κ2) is 2.85. The van der Waals surface area contributed by atoms with Gasteiger partial charge < -0.3 is 4.67 Å². The molecule has 0 aromatic heterocycles. The minimum absolute atomic E-state index is 0.531. The maximum atomic E-state index is 6.08. The molecule has 1 aromatic rings. The molecule has 2 rings (SSSR count). The summed E-state index contributed by atoms with van der Waals surface area (Å²) in [6, 6.07) is 8.31. The van der Waals surface area contributed by atoms with Crippen LogP contribution in [0.15, 0.2) is 29.2 Å². The van der Waals surface area contributed by atoms with Gasteiger partial charge in [-0.1, -0.05) is 34.8 Å². The summed E-state index contributed by atoms with van der Waals surface area (Å²) in [6.07, 6.45) is 0. The highest BCUT2D eigenvalue weighted by atomic mass is 35.7. The van der Waals surface area contributed by atoms with Crippen LogP contribution in [0.4, 0.5) is 5.69 Å². The van der Waals surface area contributed by atoms with Gasteiger partial charge >= 0.3 is 0 Å². The van der Waals surface area contributed by atoms with Crippen LogP contribution in [0.25, 0.3) is 0 Å². The van der Waals surface area contributed by atoms with Crippen LogP contribution in [0, 0.1) is 0 Å². The molecule has 1 heterocycles. The zero-order valence-corrected chi connectivity index (χ0v) is 8.46. The summed E-state index contributed by atoms with van der Waals surface area (Å²) in [5.41, 5.74) is 1.26. The SMILES string of the molecule is CN1c2ccccc2SP1Cl. The summed E-state index contributed by atoms with van der Waals surface area (Å²) in [5, 5.41) is 0. The van der Waals surface area contributed by atoms with Crippen LogP contribution >= 0.6 is 29.2 Å². The maximum absolute atomic E-state index is 6.08. The molecule has 1 atom stereocenters. The molecule has 1 nitrogen and oxygen atoms in total. The van der Waals surface area contributed by atoms with Crippen LogP contribution < -0.4 is 4.67 Å². The molecule has 0 aliphatic carbocycles. The lowest BCUT2D eigenvalue weighted by molar-refractivity contribution is 1.30. The van der Waals surface area contributed by atoms with Crippen molar-refractivity contribution in [2.45, 2.75) is 4.90 Å². The molecule has 11 heavy (non-hydrogen) atoms. The van der Waals surface area contributed by atoms with Crippen LogP contribution in [0.5, 0.6) is 0 Å². The number of nitrogens with zero attached hydrogens (tertiary/aromatic N) is 1. The van der Waals surface area contributed by atoms with E-state index in [-0.39, 0.29) is 0 Å². The lowest BCUT2D eigenvalue weighted by atomic mass is 10.3. The first-order valence-corrected chi connectivity index (χ1v) is 6.87. The summed E-state index contributed by atoms with van der Waals surface area (Å²) >= 11 is 7.84. The van der Waals surface area contributed by atoms with E-state index in [0.29, 0.717) is 0 Å². The molecule has 0 radical (unpaired) electrons. The van der Waals surface area contributed by atoms with E-state index in [4.69, 9.17) is 11.2 Å². The number of fused-ring (bicyclic) bond motifs is 1. The third-order valence-electron chi connectivity index (χ3n) is 1.62. The molecule has 0 amide bonds. The van der Waals surface area contributed by atoms with E-state index in [1.807, 2.05) is 19.2 Å². The molecule has 1 aliphatic rings. The predicted molar refractivity (Wildman–Crippen MR) is 53.5 cm³/mol. The van der Waals surface area contributed by atoms with Gasteiger partial charge in [0.05, 0.1) is 5.69 Å². The van der Waals surface area contributed by atoms with Crippen molar-refractivity contribution in [1.29, 1.82) is 0 Å². The van der Waals surface area contributed by atoms with Gasteiger partial charge in [-0.15, -0.1) is 0 Å². The largest absolute Gasteiger partial charge is 0.332 e. The van der Waals surface area contributed by atoms with E-state index in [1.54, 1.807) is 11.4 Å². The van der Waals surface area contributed by atoms with Gasteiger partial charge in [-0.2, -0.15) is 0 Å². The first-order valence-electron chi connectivity index (χ1n) is 3.25. The second-order valence-corrected chi connectivity index (χ2v) is 7.13. The van der Waals surface area contributed by atoms with Crippen molar-refractivity contribution in [3.05, 3.63) is 24.3 Å². The Balaban J connectivity index is 2.47. The minimum atomic E-state index is -0.531. The molecular weight excluding hydrogens is 197 g/mol. The lowest BCUT2D eigenvalue weighted by Crippen LogP contribution is -2.00. The van der Waals surface area contributed by atoms with Crippen LogP contribution in [-0.4, -0.2) is 7.05 Å². The van der Waals surface area contributed by atoms with Crippen molar-refractivity contribution < 1.29 is 0 Å². The van der Waals surface area contributed by atoms with E-state index < -0.39 is 6.63 Å². The Kier molecular flexibility index (Phi) is 2.00. The third-order valence-corrected chi connectivity index (χ3v) is 6.08. The number of anilines is 1. The van der Waals surface area contributed by atoms with Crippen LogP contribution in [0.3, 0.4) is 0 Å². The van der Waals surface area contributed by atoms with Crippen molar-refractivity contribution in [3.8, 4) is 0 Å². The fourth-order valence-corrected chi connectivity index (χ4v) is 4.66. The highest BCUT2D eigenvalue weighted by Crippen LogP contribution is 2.68. The molecule has 1 unspecified atom stereocenters. The van der Waals surface area contributed by atoms with E-state index >= 15 is 0 Å². The number of para-hydroxylation sites is 1. The smallest absolute Gasteiger partial charge is 0.156 e. The molecule has 58 valence electrons. The van der Waals surface area contributed by atoms with Crippen LogP contribution in [0.2, 0.25) is 0 Å². The molecule has 4 heteroatoms. The Morgan fingerprint density at radius 1 is 1.45 bits per heavy atom. The van der Waals surface area contributed by atoms with Crippen molar-refractivity contribution in [2.24, 2.45) is 0 Å². The molecule has 0 saturated carbocycles. The first kappa shape index (κ1) is 7.72. The number of halogens is 1. The Labute approximate surface area is 76.1 Å². The summed E-state index contributed by atoms with van der Waals surface area (Å²) in [6.45, 7) is -0.531. The highest BCUT2D eigenvalue weighted by molar-refractivity contribution is 8.63. The summed E-state index contributed by atoms with van der Waals surface area (Å²) in [4.78, 5) is 1.30. The molecule has 0 bridgehead atoms. The molecule has 0 spiro atoms. The Hall–Kier alpha value is 0.0900. The summed E-state index contributed by atoms with van der Waals surface area (Å²) in [7, 11) is 2.04. The average Bonchev–Trinajstić information content (AvgIpc) is 2.30. The number of benzene rings is 1. The van der Waals surface area contributed by atoms with Crippen LogP contribution in [-0.2, 0) is 0 Å². The zero-order chi connectivity index (χ0) is 7.84. The number of rotatable bonds is 0. The van der Waals surface area contributed by atoms with E-state index in [2.05, 4.69) is 16.8 Å². The highest BCUT2D eigenvalue weighted by Gasteiger charge is 2.24. The summed E-state index contributed by atoms with van der Waals surface area (Å²) < 4.78 is 2.14. The molecule has 0 fully saturated rings. The fourth-order valence-electron chi connectivity index (χ4n) is 1.03. The number of hydrogen-bond donors (Lipinski definition) is 0. The zero-order valence-electron chi connectivity index (χ0n) is 5.99. The Bertz CT molecular complexity index is 281. The van der Waals surface area contributed by atoms with Crippen LogP contribution in [0.1, 0.15) is 0 Å². The number of hydrogen-bond acceptors (Lipinski definition) is 2. The standard InChI is InChI=1S/C7H7ClNPS/c1-9-6-4-2-3-5-7(6)11-10(9)8/h2-5H,1H3. The van der Waals surface area contributed by atoms with Crippen molar-refractivity contribution in [1.82, 2.24) is 0 Å². The molecule has 1 aromatic carbocycles. The third kappa shape index (κ3) is 1.24. The van der Waals surface area contributed by atoms with Gasteiger partial charge in [-0.3, -0.25) is 0 Å². The maximum Gasteiger partial charge on any atom is 0.156 e. The van der Waals surface area contributed by atoms with E-state index in [9.17, 15) is 0 Å². The Morgan fingerprint density at radius 3 is 2.91 bits per heavy atom. The fraction of sp³-hybridized carbons (Fsp3) is 0.143. The van der Waals surface area contributed by atoms with Gasteiger partial charge in [-0.05, 0) is 12.1 Å². The Morgan fingerprint density at radius 2 is 2.18 bits per heavy atom. The second-order valence-electron chi connectivity index (χ2n) is 2.31.